The minimum absolute atomic E-state index is 0.00308. The molecule has 1 fully saturated rings. The SMILES string of the molecule is Nc1ccc(NC(=O)N2CCCCCC2)cc1. The van der Waals surface area contributed by atoms with Crippen molar-refractivity contribution in [1.82, 2.24) is 4.90 Å². The van der Waals surface area contributed by atoms with Crippen LogP contribution >= 0.6 is 0 Å². The van der Waals surface area contributed by atoms with E-state index in [1.807, 2.05) is 17.0 Å². The summed E-state index contributed by atoms with van der Waals surface area (Å²) in [5.41, 5.74) is 7.10. The van der Waals surface area contributed by atoms with Crippen molar-refractivity contribution in [2.75, 3.05) is 24.1 Å². The Kier molecular flexibility index (Phi) is 3.85. The molecule has 17 heavy (non-hydrogen) atoms. The smallest absolute Gasteiger partial charge is 0.321 e. The van der Waals surface area contributed by atoms with Crippen molar-refractivity contribution in [2.24, 2.45) is 0 Å². The summed E-state index contributed by atoms with van der Waals surface area (Å²) in [5.74, 6) is 0. The number of hydrogen-bond acceptors (Lipinski definition) is 2. The third kappa shape index (κ3) is 3.37. The van der Waals surface area contributed by atoms with Gasteiger partial charge in [-0.15, -0.1) is 0 Å². The van der Waals surface area contributed by atoms with Crippen molar-refractivity contribution in [1.29, 1.82) is 0 Å². The fraction of sp³-hybridized carbons (Fsp3) is 0.462. The van der Waals surface area contributed by atoms with E-state index in [0.29, 0.717) is 5.69 Å². The molecule has 0 aliphatic carbocycles. The van der Waals surface area contributed by atoms with E-state index in [4.69, 9.17) is 5.73 Å². The molecule has 4 heteroatoms. The number of likely N-dealkylation sites (tertiary alicyclic amines) is 1. The maximum absolute atomic E-state index is 12.0. The monoisotopic (exact) mass is 233 g/mol. The molecule has 0 radical (unpaired) electrons. The third-order valence-electron chi connectivity index (χ3n) is 3.06. The van der Waals surface area contributed by atoms with Gasteiger partial charge in [-0.2, -0.15) is 0 Å². The molecule has 0 bridgehead atoms. The Morgan fingerprint density at radius 1 is 1.06 bits per heavy atom. The number of rotatable bonds is 1. The van der Waals surface area contributed by atoms with Gasteiger partial charge in [-0.05, 0) is 37.1 Å². The maximum atomic E-state index is 12.0. The zero-order valence-corrected chi connectivity index (χ0v) is 9.98. The van der Waals surface area contributed by atoms with Crippen LogP contribution in [0.1, 0.15) is 25.7 Å². The summed E-state index contributed by atoms with van der Waals surface area (Å²) in [6, 6.07) is 7.23. The second kappa shape index (κ2) is 5.57. The minimum Gasteiger partial charge on any atom is -0.399 e. The van der Waals surface area contributed by atoms with E-state index < -0.39 is 0 Å². The van der Waals surface area contributed by atoms with Gasteiger partial charge in [0.05, 0.1) is 0 Å². The topological polar surface area (TPSA) is 58.4 Å². The average molecular weight is 233 g/mol. The zero-order chi connectivity index (χ0) is 12.1. The number of hydrogen-bond donors (Lipinski definition) is 2. The molecule has 0 saturated carbocycles. The van der Waals surface area contributed by atoms with Gasteiger partial charge in [-0.25, -0.2) is 4.79 Å². The Morgan fingerprint density at radius 3 is 2.24 bits per heavy atom. The van der Waals surface area contributed by atoms with Gasteiger partial charge in [0, 0.05) is 24.5 Å². The average Bonchev–Trinajstić information content (AvgIpc) is 2.61. The van der Waals surface area contributed by atoms with Crippen LogP contribution in [0.2, 0.25) is 0 Å². The van der Waals surface area contributed by atoms with Crippen LogP contribution in [0.25, 0.3) is 0 Å². The van der Waals surface area contributed by atoms with Gasteiger partial charge in [0.2, 0.25) is 0 Å². The molecule has 1 aromatic carbocycles. The van der Waals surface area contributed by atoms with Gasteiger partial charge in [0.25, 0.3) is 0 Å². The Balaban J connectivity index is 1.93. The Hall–Kier alpha value is -1.71. The first-order valence-corrected chi connectivity index (χ1v) is 6.17. The summed E-state index contributed by atoms with van der Waals surface area (Å²) >= 11 is 0. The summed E-state index contributed by atoms with van der Waals surface area (Å²) < 4.78 is 0. The molecule has 1 heterocycles. The van der Waals surface area contributed by atoms with Crippen molar-refractivity contribution in [2.45, 2.75) is 25.7 Å². The minimum atomic E-state index is -0.00308. The number of nitrogen functional groups attached to an aromatic ring is 1. The van der Waals surface area contributed by atoms with Crippen LogP contribution in [0.15, 0.2) is 24.3 Å². The van der Waals surface area contributed by atoms with Crippen LogP contribution < -0.4 is 11.1 Å². The molecule has 0 aromatic heterocycles. The van der Waals surface area contributed by atoms with Crippen LogP contribution in [0.4, 0.5) is 16.2 Å². The number of amides is 2. The second-order valence-electron chi connectivity index (χ2n) is 4.45. The van der Waals surface area contributed by atoms with E-state index in [-0.39, 0.29) is 6.03 Å². The highest BCUT2D eigenvalue weighted by Gasteiger charge is 2.14. The number of nitrogens with two attached hydrogens (primary N) is 1. The molecule has 1 aliphatic heterocycles. The van der Waals surface area contributed by atoms with Crippen molar-refractivity contribution in [3.63, 3.8) is 0 Å². The van der Waals surface area contributed by atoms with E-state index in [9.17, 15) is 4.79 Å². The van der Waals surface area contributed by atoms with Crippen LogP contribution in [0.5, 0.6) is 0 Å². The largest absolute Gasteiger partial charge is 0.399 e. The molecule has 1 aromatic rings. The highest BCUT2D eigenvalue weighted by Crippen LogP contribution is 2.14. The Bertz CT molecular complexity index is 367. The summed E-state index contributed by atoms with van der Waals surface area (Å²) in [6.45, 7) is 1.72. The molecule has 1 saturated heterocycles. The molecule has 1 aliphatic rings. The molecule has 3 N–H and O–H groups in total. The Morgan fingerprint density at radius 2 is 1.65 bits per heavy atom. The van der Waals surface area contributed by atoms with Crippen LogP contribution in [-0.4, -0.2) is 24.0 Å². The van der Waals surface area contributed by atoms with Gasteiger partial charge < -0.3 is 16.0 Å². The van der Waals surface area contributed by atoms with Gasteiger partial charge in [-0.1, -0.05) is 12.8 Å². The van der Waals surface area contributed by atoms with Crippen LogP contribution in [-0.2, 0) is 0 Å². The normalized spacial score (nSPS) is 16.4. The van der Waals surface area contributed by atoms with E-state index in [0.717, 1.165) is 31.6 Å². The van der Waals surface area contributed by atoms with Crippen molar-refractivity contribution in [3.05, 3.63) is 24.3 Å². The van der Waals surface area contributed by atoms with Crippen LogP contribution in [0, 0.1) is 0 Å². The fourth-order valence-electron chi connectivity index (χ4n) is 2.04. The number of carbonyl (C=O) groups excluding carboxylic acids is 1. The standard InChI is InChI=1S/C13H19N3O/c14-11-5-7-12(8-6-11)15-13(17)16-9-3-1-2-4-10-16/h5-8H,1-4,9-10,14H2,(H,15,17). The first-order chi connectivity index (χ1) is 8.25. The first kappa shape index (κ1) is 11.8. The van der Waals surface area contributed by atoms with Gasteiger partial charge in [0.1, 0.15) is 0 Å². The summed E-state index contributed by atoms with van der Waals surface area (Å²) in [6.07, 6.45) is 4.67. The Labute approximate surface area is 102 Å². The molecular formula is C13H19N3O. The zero-order valence-electron chi connectivity index (χ0n) is 9.98. The van der Waals surface area contributed by atoms with Crippen LogP contribution in [0.3, 0.4) is 0 Å². The molecule has 2 amide bonds. The molecule has 2 rings (SSSR count). The molecule has 92 valence electrons. The lowest BCUT2D eigenvalue weighted by molar-refractivity contribution is 0.214. The molecule has 0 unspecified atom stereocenters. The highest BCUT2D eigenvalue weighted by atomic mass is 16.2. The molecule has 0 spiro atoms. The molecule has 0 atom stereocenters. The second-order valence-corrected chi connectivity index (χ2v) is 4.45. The fourth-order valence-corrected chi connectivity index (χ4v) is 2.04. The lowest BCUT2D eigenvalue weighted by atomic mass is 10.2. The number of urea groups is 1. The van der Waals surface area contributed by atoms with Gasteiger partial charge >= 0.3 is 6.03 Å². The number of benzene rings is 1. The summed E-state index contributed by atoms with van der Waals surface area (Å²) in [4.78, 5) is 13.9. The van der Waals surface area contributed by atoms with Crippen molar-refractivity contribution < 1.29 is 4.79 Å². The predicted molar refractivity (Wildman–Crippen MR) is 69.9 cm³/mol. The van der Waals surface area contributed by atoms with E-state index >= 15 is 0 Å². The first-order valence-electron chi connectivity index (χ1n) is 6.17. The lowest BCUT2D eigenvalue weighted by Gasteiger charge is -2.20. The highest BCUT2D eigenvalue weighted by molar-refractivity contribution is 5.89. The molecule has 4 nitrogen and oxygen atoms in total. The van der Waals surface area contributed by atoms with Crippen molar-refractivity contribution in [3.8, 4) is 0 Å². The van der Waals surface area contributed by atoms with Gasteiger partial charge in [0.15, 0.2) is 0 Å². The van der Waals surface area contributed by atoms with E-state index in [2.05, 4.69) is 5.32 Å². The van der Waals surface area contributed by atoms with Crippen molar-refractivity contribution >= 4 is 17.4 Å². The number of nitrogens with one attached hydrogen (secondary N) is 1. The van der Waals surface area contributed by atoms with E-state index in [1.165, 1.54) is 12.8 Å². The maximum Gasteiger partial charge on any atom is 0.321 e. The number of anilines is 2. The quantitative estimate of drug-likeness (QED) is 0.733. The van der Waals surface area contributed by atoms with E-state index in [1.54, 1.807) is 12.1 Å². The third-order valence-corrected chi connectivity index (χ3v) is 3.06. The number of carbonyl (C=O) groups is 1. The summed E-state index contributed by atoms with van der Waals surface area (Å²) in [7, 11) is 0. The molecular weight excluding hydrogens is 214 g/mol. The van der Waals surface area contributed by atoms with Gasteiger partial charge in [-0.3, -0.25) is 0 Å². The predicted octanol–water partition coefficient (Wildman–Crippen LogP) is 2.68. The summed E-state index contributed by atoms with van der Waals surface area (Å²) in [5, 5.41) is 2.90. The number of nitrogens with zero attached hydrogens (tertiary/aromatic N) is 1. The lowest BCUT2D eigenvalue weighted by Crippen LogP contribution is -2.35.